The van der Waals surface area contributed by atoms with Crippen LogP contribution in [0.1, 0.15) is 24.2 Å². The molecule has 3 N–H and O–H groups in total. The maximum Gasteiger partial charge on any atom is 0.260 e. The van der Waals surface area contributed by atoms with E-state index in [1.54, 1.807) is 23.4 Å². The average Bonchev–Trinajstić information content (AvgIpc) is 3.18. The molecule has 7 heteroatoms. The smallest absolute Gasteiger partial charge is 0.260 e. The van der Waals surface area contributed by atoms with Crippen molar-refractivity contribution in [1.82, 2.24) is 14.3 Å². The molecule has 1 fully saturated rings. The number of imidazole rings is 1. The molecule has 0 aliphatic heterocycles. The van der Waals surface area contributed by atoms with Crippen molar-refractivity contribution in [2.24, 2.45) is 0 Å². The molecular weight excluding hydrogens is 288 g/mol. The van der Waals surface area contributed by atoms with Crippen LogP contribution >= 0.6 is 0 Å². The fourth-order valence-electron chi connectivity index (χ4n) is 2.23. The van der Waals surface area contributed by atoms with Crippen LogP contribution in [0, 0.1) is 6.92 Å². The number of hydrogen-bond acceptors (Lipinski definition) is 4. The maximum atomic E-state index is 12.7. The number of nitrogens with one attached hydrogen (secondary N) is 1. The Labute approximate surface area is 124 Å². The van der Waals surface area contributed by atoms with E-state index in [2.05, 4.69) is 9.97 Å². The molecular formula is C14H18N4O2S. The van der Waals surface area contributed by atoms with Gasteiger partial charge in [0.1, 0.15) is 5.82 Å². The minimum atomic E-state index is -3.54. The number of rotatable bonds is 5. The number of nitrogen functional groups attached to an aromatic ring is 1. The van der Waals surface area contributed by atoms with E-state index in [-0.39, 0.29) is 11.1 Å². The Bertz CT molecular complexity index is 733. The molecule has 1 aromatic heterocycles. The van der Waals surface area contributed by atoms with Gasteiger partial charge in [-0.25, -0.2) is 13.4 Å². The van der Waals surface area contributed by atoms with E-state index in [0.29, 0.717) is 18.1 Å². The Morgan fingerprint density at radius 3 is 2.52 bits per heavy atom. The largest absolute Gasteiger partial charge is 0.399 e. The number of aryl methyl sites for hydroxylation is 1. The summed E-state index contributed by atoms with van der Waals surface area (Å²) in [7, 11) is -3.54. The van der Waals surface area contributed by atoms with Crippen LogP contribution in [-0.4, -0.2) is 28.7 Å². The molecule has 6 nitrogen and oxygen atoms in total. The number of aromatic amines is 1. The van der Waals surface area contributed by atoms with Gasteiger partial charge in [0.2, 0.25) is 0 Å². The molecule has 3 rings (SSSR count). The van der Waals surface area contributed by atoms with Crippen molar-refractivity contribution in [2.45, 2.75) is 37.4 Å². The highest BCUT2D eigenvalue weighted by atomic mass is 32.2. The molecule has 112 valence electrons. The van der Waals surface area contributed by atoms with E-state index in [4.69, 9.17) is 5.73 Å². The predicted molar refractivity (Wildman–Crippen MR) is 79.9 cm³/mol. The van der Waals surface area contributed by atoms with Crippen LogP contribution < -0.4 is 5.73 Å². The molecule has 2 aromatic rings. The summed E-state index contributed by atoms with van der Waals surface area (Å²) in [6, 6.07) is 7.37. The molecule has 0 bridgehead atoms. The Morgan fingerprint density at radius 1 is 1.33 bits per heavy atom. The van der Waals surface area contributed by atoms with Gasteiger partial charge in [-0.2, -0.15) is 4.31 Å². The Hall–Kier alpha value is -1.86. The van der Waals surface area contributed by atoms with Crippen molar-refractivity contribution in [1.29, 1.82) is 0 Å². The third kappa shape index (κ3) is 2.93. The number of aromatic nitrogens is 2. The van der Waals surface area contributed by atoms with E-state index in [1.807, 2.05) is 12.1 Å². The third-order valence-corrected chi connectivity index (χ3v) is 5.35. The summed E-state index contributed by atoms with van der Waals surface area (Å²) in [5, 5.41) is 0.155. The zero-order valence-electron chi connectivity index (χ0n) is 11.8. The van der Waals surface area contributed by atoms with Gasteiger partial charge in [0.05, 0.1) is 6.20 Å². The number of sulfonamides is 1. The first-order valence-electron chi connectivity index (χ1n) is 6.85. The lowest BCUT2D eigenvalue weighted by Crippen LogP contribution is -2.32. The molecule has 0 atom stereocenters. The number of nitrogens with two attached hydrogens (primary N) is 1. The molecule has 0 radical (unpaired) electrons. The van der Waals surface area contributed by atoms with Gasteiger partial charge in [0, 0.05) is 18.3 Å². The summed E-state index contributed by atoms with van der Waals surface area (Å²) in [5.74, 6) is 0.594. The van der Waals surface area contributed by atoms with Gasteiger partial charge < -0.3 is 10.7 Å². The summed E-state index contributed by atoms with van der Waals surface area (Å²) in [4.78, 5) is 6.80. The molecule has 1 aliphatic carbocycles. The summed E-state index contributed by atoms with van der Waals surface area (Å²) in [5.41, 5.74) is 7.26. The molecule has 0 unspecified atom stereocenters. The van der Waals surface area contributed by atoms with Gasteiger partial charge in [-0.15, -0.1) is 0 Å². The van der Waals surface area contributed by atoms with Gasteiger partial charge in [0.25, 0.3) is 10.0 Å². The molecule has 0 amide bonds. The maximum absolute atomic E-state index is 12.7. The van der Waals surface area contributed by atoms with Crippen LogP contribution in [-0.2, 0) is 16.6 Å². The molecule has 21 heavy (non-hydrogen) atoms. The lowest BCUT2D eigenvalue weighted by Gasteiger charge is -2.21. The quantitative estimate of drug-likeness (QED) is 0.822. The van der Waals surface area contributed by atoms with Crippen LogP contribution in [0.5, 0.6) is 0 Å². The average molecular weight is 306 g/mol. The number of anilines is 1. The number of nitrogens with zero attached hydrogens (tertiary/aromatic N) is 2. The second kappa shape index (κ2) is 5.16. The van der Waals surface area contributed by atoms with Gasteiger partial charge in [-0.1, -0.05) is 12.1 Å². The highest BCUT2D eigenvalue weighted by Gasteiger charge is 2.38. The number of hydrogen-bond donors (Lipinski definition) is 2. The molecule has 1 heterocycles. The lowest BCUT2D eigenvalue weighted by atomic mass is 10.2. The summed E-state index contributed by atoms with van der Waals surface area (Å²) in [6.07, 6.45) is 3.19. The highest BCUT2D eigenvalue weighted by molar-refractivity contribution is 7.89. The third-order valence-electron chi connectivity index (χ3n) is 3.54. The van der Waals surface area contributed by atoms with Crippen LogP contribution in [0.3, 0.4) is 0 Å². The zero-order valence-corrected chi connectivity index (χ0v) is 12.6. The van der Waals surface area contributed by atoms with Gasteiger partial charge in [0.15, 0.2) is 5.03 Å². The first kappa shape index (κ1) is 14.1. The normalized spacial score (nSPS) is 15.5. The summed E-state index contributed by atoms with van der Waals surface area (Å²) >= 11 is 0. The standard InChI is InChI=1S/C14H18N4O2S/c1-10-16-8-14(17-10)21(19,20)18(13-6-7-13)9-11-2-4-12(15)5-3-11/h2-5,8,13H,6-7,9,15H2,1H3,(H,16,17). The SMILES string of the molecule is Cc1ncc(S(=O)(=O)N(Cc2ccc(N)cc2)C2CC2)[nH]1. The van der Waals surface area contributed by atoms with E-state index in [9.17, 15) is 8.42 Å². The van der Waals surface area contributed by atoms with Gasteiger partial charge >= 0.3 is 0 Å². The molecule has 1 aromatic carbocycles. The van der Waals surface area contributed by atoms with Crippen molar-refractivity contribution < 1.29 is 8.42 Å². The number of H-pyrrole nitrogens is 1. The minimum Gasteiger partial charge on any atom is -0.399 e. The predicted octanol–water partition coefficient (Wildman–Crippen LogP) is 1.65. The van der Waals surface area contributed by atoms with Crippen molar-refractivity contribution in [3.05, 3.63) is 41.9 Å². The van der Waals surface area contributed by atoms with E-state index >= 15 is 0 Å². The van der Waals surface area contributed by atoms with E-state index in [1.165, 1.54) is 6.20 Å². The molecule has 1 aliphatic rings. The van der Waals surface area contributed by atoms with Crippen LogP contribution in [0.2, 0.25) is 0 Å². The first-order valence-corrected chi connectivity index (χ1v) is 8.29. The molecule has 0 saturated heterocycles. The Morgan fingerprint density at radius 2 is 2.00 bits per heavy atom. The fourth-order valence-corrected chi connectivity index (χ4v) is 3.87. The topological polar surface area (TPSA) is 92.1 Å². The second-order valence-electron chi connectivity index (χ2n) is 5.36. The first-order chi connectivity index (χ1) is 9.96. The highest BCUT2D eigenvalue weighted by Crippen LogP contribution is 2.33. The molecule has 1 saturated carbocycles. The Kier molecular flexibility index (Phi) is 3.46. The summed E-state index contributed by atoms with van der Waals surface area (Å²) < 4.78 is 27.0. The number of benzene rings is 1. The van der Waals surface area contributed by atoms with Gasteiger partial charge in [-0.3, -0.25) is 0 Å². The van der Waals surface area contributed by atoms with E-state index < -0.39 is 10.0 Å². The van der Waals surface area contributed by atoms with Crippen molar-refractivity contribution in [2.75, 3.05) is 5.73 Å². The summed E-state index contributed by atoms with van der Waals surface area (Å²) in [6.45, 7) is 2.09. The molecule has 0 spiro atoms. The second-order valence-corrected chi connectivity index (χ2v) is 7.21. The van der Waals surface area contributed by atoms with Crippen molar-refractivity contribution in [3.63, 3.8) is 0 Å². The van der Waals surface area contributed by atoms with Crippen molar-refractivity contribution >= 4 is 15.7 Å². The zero-order chi connectivity index (χ0) is 15.0. The van der Waals surface area contributed by atoms with Crippen molar-refractivity contribution in [3.8, 4) is 0 Å². The Balaban J connectivity index is 1.89. The lowest BCUT2D eigenvalue weighted by molar-refractivity contribution is 0.397. The van der Waals surface area contributed by atoms with Gasteiger partial charge in [-0.05, 0) is 37.5 Å². The monoisotopic (exact) mass is 306 g/mol. The van der Waals surface area contributed by atoms with Crippen LogP contribution in [0.25, 0.3) is 0 Å². The minimum absolute atomic E-state index is 0.0798. The van der Waals surface area contributed by atoms with Crippen LogP contribution in [0.4, 0.5) is 5.69 Å². The van der Waals surface area contributed by atoms with E-state index in [0.717, 1.165) is 18.4 Å². The van der Waals surface area contributed by atoms with Crippen LogP contribution in [0.15, 0.2) is 35.5 Å². The fraction of sp³-hybridized carbons (Fsp3) is 0.357.